The minimum absolute atomic E-state index is 0.0946. The Balaban J connectivity index is 1.67. The van der Waals surface area contributed by atoms with Crippen LogP contribution in [0.2, 0.25) is 0 Å². The molecule has 3 rings (SSSR count). The molecule has 28 heavy (non-hydrogen) atoms. The van der Waals surface area contributed by atoms with Gasteiger partial charge in [0.15, 0.2) is 0 Å². The van der Waals surface area contributed by atoms with Crippen molar-refractivity contribution < 1.29 is 14.6 Å². The van der Waals surface area contributed by atoms with E-state index in [1.807, 2.05) is 32.0 Å². The van der Waals surface area contributed by atoms with Crippen molar-refractivity contribution in [1.29, 1.82) is 5.26 Å². The van der Waals surface area contributed by atoms with Crippen molar-refractivity contribution in [2.75, 3.05) is 45.2 Å². The van der Waals surface area contributed by atoms with Crippen molar-refractivity contribution in [2.24, 2.45) is 0 Å². The van der Waals surface area contributed by atoms with Crippen molar-refractivity contribution in [3.05, 3.63) is 23.9 Å². The highest BCUT2D eigenvalue weighted by molar-refractivity contribution is 5.79. The van der Waals surface area contributed by atoms with Crippen molar-refractivity contribution in [3.63, 3.8) is 0 Å². The van der Waals surface area contributed by atoms with E-state index in [2.05, 4.69) is 21.3 Å². The number of carbonyl (C=O) groups is 1. The molecule has 1 aromatic heterocycles. The number of nitriles is 1. The second kappa shape index (κ2) is 8.03. The van der Waals surface area contributed by atoms with Crippen LogP contribution in [0.25, 0.3) is 0 Å². The molecule has 2 aliphatic heterocycles. The lowest BCUT2D eigenvalue weighted by molar-refractivity contribution is -0.198. The molecule has 0 radical (unpaired) electrons. The first-order valence-electron chi connectivity index (χ1n) is 9.67. The van der Waals surface area contributed by atoms with Gasteiger partial charge in [-0.1, -0.05) is 0 Å². The average molecular weight is 387 g/mol. The number of anilines is 1. The lowest BCUT2D eigenvalue weighted by Gasteiger charge is -2.53. The Morgan fingerprint density at radius 2 is 2.14 bits per heavy atom. The lowest BCUT2D eigenvalue weighted by Crippen LogP contribution is -2.69. The van der Waals surface area contributed by atoms with Crippen LogP contribution < -0.4 is 10.2 Å². The molecule has 8 heteroatoms. The van der Waals surface area contributed by atoms with Crippen molar-refractivity contribution in [2.45, 2.75) is 43.4 Å². The number of ether oxygens (including phenoxy) is 1. The molecule has 2 fully saturated rings. The van der Waals surface area contributed by atoms with Crippen LogP contribution in [0, 0.1) is 11.3 Å². The Kier molecular flexibility index (Phi) is 5.89. The number of aromatic nitrogens is 1. The van der Waals surface area contributed by atoms with Gasteiger partial charge in [0, 0.05) is 25.9 Å². The summed E-state index contributed by atoms with van der Waals surface area (Å²) in [5.74, 6) is 0.726. The maximum absolute atomic E-state index is 12.3. The molecule has 1 amide bonds. The third kappa shape index (κ3) is 4.12. The number of likely N-dealkylation sites (N-methyl/N-ethyl adjacent to an activating group) is 1. The van der Waals surface area contributed by atoms with Crippen LogP contribution in [-0.2, 0) is 9.53 Å². The highest BCUT2D eigenvalue weighted by Gasteiger charge is 2.53. The van der Waals surface area contributed by atoms with E-state index in [4.69, 9.17) is 10.00 Å². The zero-order valence-electron chi connectivity index (χ0n) is 16.8. The summed E-state index contributed by atoms with van der Waals surface area (Å²) in [7, 11) is 3.69. The predicted octanol–water partition coefficient (Wildman–Crippen LogP) is 0.510. The minimum atomic E-state index is -0.782. The number of rotatable bonds is 4. The summed E-state index contributed by atoms with van der Waals surface area (Å²) < 4.78 is 6.10. The molecule has 1 aromatic rings. The molecule has 152 valence electrons. The van der Waals surface area contributed by atoms with Crippen LogP contribution in [0.4, 0.5) is 5.82 Å². The smallest absolute Gasteiger partial charge is 0.234 e. The summed E-state index contributed by atoms with van der Waals surface area (Å²) >= 11 is 0. The topological polar surface area (TPSA) is 102 Å². The Morgan fingerprint density at radius 1 is 1.43 bits per heavy atom. The Bertz CT molecular complexity index is 737. The monoisotopic (exact) mass is 387 g/mol. The number of aliphatic hydroxyl groups is 1. The van der Waals surface area contributed by atoms with E-state index in [1.54, 1.807) is 12.3 Å². The first-order chi connectivity index (χ1) is 13.3. The average Bonchev–Trinajstić information content (AvgIpc) is 2.66. The van der Waals surface area contributed by atoms with Gasteiger partial charge in [0.2, 0.25) is 5.91 Å². The normalized spacial score (nSPS) is 26.9. The Hall–Kier alpha value is -2.21. The molecule has 8 nitrogen and oxygen atoms in total. The van der Waals surface area contributed by atoms with Gasteiger partial charge in [0.25, 0.3) is 0 Å². The van der Waals surface area contributed by atoms with Crippen LogP contribution in [0.15, 0.2) is 18.3 Å². The summed E-state index contributed by atoms with van der Waals surface area (Å²) in [6, 6.07) is 5.68. The van der Waals surface area contributed by atoms with Gasteiger partial charge in [-0.05, 0) is 52.4 Å². The van der Waals surface area contributed by atoms with E-state index >= 15 is 0 Å². The van der Waals surface area contributed by atoms with Gasteiger partial charge in [-0.25, -0.2) is 4.98 Å². The lowest BCUT2D eigenvalue weighted by atomic mass is 9.73. The second-order valence-electron chi connectivity index (χ2n) is 8.27. The molecule has 2 N–H and O–H groups in total. The first-order valence-corrected chi connectivity index (χ1v) is 9.67. The van der Waals surface area contributed by atoms with Gasteiger partial charge < -0.3 is 25.0 Å². The number of amides is 1. The van der Waals surface area contributed by atoms with E-state index in [9.17, 15) is 9.90 Å². The SMILES string of the molecule is CN(C)CC(=O)N[C@@]1(C)CCOC2(CCN(c3ccc(C#N)cn3)CC2)[C@@H]1O. The van der Waals surface area contributed by atoms with Crippen molar-refractivity contribution in [1.82, 2.24) is 15.2 Å². The summed E-state index contributed by atoms with van der Waals surface area (Å²) in [6.07, 6.45) is 2.67. The summed E-state index contributed by atoms with van der Waals surface area (Å²) in [5.41, 5.74) is -0.839. The highest BCUT2D eigenvalue weighted by Crippen LogP contribution is 2.40. The number of carbonyl (C=O) groups excluding carboxylic acids is 1. The number of aliphatic hydroxyl groups excluding tert-OH is 1. The first kappa shape index (κ1) is 20.5. The fraction of sp³-hybridized carbons (Fsp3) is 0.650. The quantitative estimate of drug-likeness (QED) is 0.776. The molecule has 0 unspecified atom stereocenters. The van der Waals surface area contributed by atoms with Crippen LogP contribution >= 0.6 is 0 Å². The Morgan fingerprint density at radius 3 is 2.71 bits per heavy atom. The molecule has 0 aliphatic carbocycles. The molecule has 0 bridgehead atoms. The third-order valence-corrected chi connectivity index (χ3v) is 5.81. The fourth-order valence-electron chi connectivity index (χ4n) is 4.21. The van der Waals surface area contributed by atoms with E-state index < -0.39 is 17.2 Å². The number of hydrogen-bond donors (Lipinski definition) is 2. The summed E-state index contributed by atoms with van der Waals surface area (Å²) in [4.78, 5) is 20.6. The minimum Gasteiger partial charge on any atom is -0.388 e. The number of nitrogens with one attached hydrogen (secondary N) is 1. The van der Waals surface area contributed by atoms with Gasteiger partial charge in [0.05, 0.1) is 23.2 Å². The van der Waals surface area contributed by atoms with Crippen LogP contribution in [0.3, 0.4) is 0 Å². The Labute approximate surface area is 166 Å². The summed E-state index contributed by atoms with van der Waals surface area (Å²) in [6.45, 7) is 4.08. The van der Waals surface area contributed by atoms with E-state index in [0.29, 0.717) is 44.5 Å². The van der Waals surface area contributed by atoms with Crippen LogP contribution in [-0.4, -0.2) is 78.5 Å². The van der Waals surface area contributed by atoms with E-state index in [0.717, 1.165) is 5.82 Å². The zero-order valence-corrected chi connectivity index (χ0v) is 16.8. The van der Waals surface area contributed by atoms with Gasteiger partial charge in [-0.2, -0.15) is 5.26 Å². The molecule has 1 spiro atoms. The zero-order chi connectivity index (χ0) is 20.4. The molecule has 0 saturated carbocycles. The largest absolute Gasteiger partial charge is 0.388 e. The molecule has 0 aromatic carbocycles. The second-order valence-corrected chi connectivity index (χ2v) is 8.27. The number of piperidine rings is 1. The van der Waals surface area contributed by atoms with Gasteiger partial charge in [-0.15, -0.1) is 0 Å². The van der Waals surface area contributed by atoms with E-state index in [-0.39, 0.29) is 12.5 Å². The third-order valence-electron chi connectivity index (χ3n) is 5.81. The standard InChI is InChI=1S/C20H29N5O3/c1-19(23-17(26)14-24(2)3)8-11-28-20(18(19)27)6-9-25(10-7-20)16-5-4-15(12-21)13-22-16/h4-5,13,18,27H,6-11,14H2,1-3H3,(H,23,26)/t18-,19+/m1/s1. The van der Waals surface area contributed by atoms with Gasteiger partial charge in [0.1, 0.15) is 18.0 Å². The highest BCUT2D eigenvalue weighted by atomic mass is 16.5. The van der Waals surface area contributed by atoms with Crippen molar-refractivity contribution in [3.8, 4) is 6.07 Å². The van der Waals surface area contributed by atoms with Gasteiger partial charge in [-0.3, -0.25) is 4.79 Å². The molecule has 2 saturated heterocycles. The number of hydrogen-bond acceptors (Lipinski definition) is 7. The van der Waals surface area contributed by atoms with E-state index in [1.165, 1.54) is 0 Å². The number of pyridine rings is 1. The molecule has 3 heterocycles. The number of nitrogens with zero attached hydrogens (tertiary/aromatic N) is 4. The van der Waals surface area contributed by atoms with Crippen LogP contribution in [0.5, 0.6) is 0 Å². The molecule has 2 aliphatic rings. The van der Waals surface area contributed by atoms with Crippen molar-refractivity contribution >= 4 is 11.7 Å². The summed E-state index contributed by atoms with van der Waals surface area (Å²) in [5, 5.41) is 23.1. The maximum atomic E-state index is 12.3. The molecule has 2 atom stereocenters. The molecular weight excluding hydrogens is 358 g/mol. The predicted molar refractivity (Wildman–Crippen MR) is 105 cm³/mol. The fourth-order valence-corrected chi connectivity index (χ4v) is 4.21. The maximum Gasteiger partial charge on any atom is 0.234 e. The molecular formula is C20H29N5O3. The van der Waals surface area contributed by atoms with Gasteiger partial charge >= 0.3 is 0 Å². The van der Waals surface area contributed by atoms with Crippen LogP contribution in [0.1, 0.15) is 31.7 Å².